The highest BCUT2D eigenvalue weighted by Gasteiger charge is 2.16. The quantitative estimate of drug-likeness (QED) is 0.806. The summed E-state index contributed by atoms with van der Waals surface area (Å²) in [5.41, 5.74) is 0. The Labute approximate surface area is 92.1 Å². The van der Waals surface area contributed by atoms with Gasteiger partial charge in [0.2, 0.25) is 0 Å². The number of rotatable bonds is 5. The van der Waals surface area contributed by atoms with Crippen molar-refractivity contribution >= 4 is 0 Å². The topological polar surface area (TPSA) is 42.7 Å². The lowest BCUT2D eigenvalue weighted by Gasteiger charge is -2.22. The lowest BCUT2D eigenvalue weighted by atomic mass is 10.1. The van der Waals surface area contributed by atoms with Crippen molar-refractivity contribution in [1.29, 1.82) is 0 Å². The first-order chi connectivity index (χ1) is 7.06. The van der Waals surface area contributed by atoms with E-state index >= 15 is 0 Å². The zero-order chi connectivity index (χ0) is 11.4. The third-order valence-corrected chi connectivity index (χ3v) is 2.73. The number of aryl methyl sites for hydroxylation is 2. The molecule has 86 valence electrons. The fourth-order valence-corrected chi connectivity index (χ4v) is 1.68. The first kappa shape index (κ1) is 12.2. The molecule has 2 unspecified atom stereocenters. The molecule has 1 aromatic rings. The number of hydrogen-bond donors (Lipinski definition) is 1. The first-order valence-electron chi connectivity index (χ1n) is 5.69. The Kier molecular flexibility index (Phi) is 4.27. The van der Waals surface area contributed by atoms with Crippen LogP contribution in [0.4, 0.5) is 0 Å². The standard InChI is InChI=1S/C11H22N4/c1-6-7-12-8(2)9(3)15-11(5)13-10(4)14-15/h8-9,12H,6-7H2,1-5H3. The maximum absolute atomic E-state index is 4.40. The van der Waals surface area contributed by atoms with Crippen LogP contribution in [0.2, 0.25) is 0 Å². The Morgan fingerprint density at radius 3 is 2.47 bits per heavy atom. The molecule has 0 spiro atoms. The van der Waals surface area contributed by atoms with Crippen molar-refractivity contribution in [1.82, 2.24) is 20.1 Å². The van der Waals surface area contributed by atoms with Crippen LogP contribution < -0.4 is 5.32 Å². The van der Waals surface area contributed by atoms with Crippen LogP contribution in [-0.2, 0) is 0 Å². The molecule has 1 aromatic heterocycles. The van der Waals surface area contributed by atoms with Crippen LogP contribution >= 0.6 is 0 Å². The van der Waals surface area contributed by atoms with E-state index in [1.807, 2.05) is 18.5 Å². The van der Waals surface area contributed by atoms with Gasteiger partial charge in [-0.1, -0.05) is 6.92 Å². The monoisotopic (exact) mass is 210 g/mol. The van der Waals surface area contributed by atoms with Gasteiger partial charge in [0.05, 0.1) is 6.04 Å². The van der Waals surface area contributed by atoms with E-state index in [1.54, 1.807) is 0 Å². The van der Waals surface area contributed by atoms with Gasteiger partial charge in [-0.2, -0.15) is 5.10 Å². The van der Waals surface area contributed by atoms with E-state index in [0.717, 1.165) is 24.6 Å². The molecule has 1 N–H and O–H groups in total. The second-order valence-corrected chi connectivity index (χ2v) is 4.13. The first-order valence-corrected chi connectivity index (χ1v) is 5.69. The Balaban J connectivity index is 2.66. The summed E-state index contributed by atoms with van der Waals surface area (Å²) >= 11 is 0. The van der Waals surface area contributed by atoms with E-state index in [9.17, 15) is 0 Å². The van der Waals surface area contributed by atoms with Gasteiger partial charge >= 0.3 is 0 Å². The summed E-state index contributed by atoms with van der Waals surface area (Å²) in [5, 5.41) is 7.88. The normalized spacial score (nSPS) is 15.3. The molecular formula is C11H22N4. The summed E-state index contributed by atoms with van der Waals surface area (Å²) in [6.07, 6.45) is 1.16. The van der Waals surface area contributed by atoms with E-state index in [4.69, 9.17) is 0 Å². The van der Waals surface area contributed by atoms with Crippen LogP contribution in [0.1, 0.15) is 44.9 Å². The largest absolute Gasteiger partial charge is 0.312 e. The van der Waals surface area contributed by atoms with E-state index in [-0.39, 0.29) is 0 Å². The Morgan fingerprint density at radius 2 is 2.00 bits per heavy atom. The van der Waals surface area contributed by atoms with E-state index in [0.29, 0.717) is 12.1 Å². The average Bonchev–Trinajstić information content (AvgIpc) is 2.53. The SMILES string of the molecule is CCCNC(C)C(C)n1nc(C)nc1C. The minimum Gasteiger partial charge on any atom is -0.312 e. The van der Waals surface area contributed by atoms with Crippen LogP contribution in [0, 0.1) is 13.8 Å². The van der Waals surface area contributed by atoms with Crippen molar-refractivity contribution in [2.24, 2.45) is 0 Å². The molecular weight excluding hydrogens is 188 g/mol. The molecule has 15 heavy (non-hydrogen) atoms. The van der Waals surface area contributed by atoms with Crippen LogP contribution in [0.3, 0.4) is 0 Å². The van der Waals surface area contributed by atoms with Crippen molar-refractivity contribution in [2.45, 2.75) is 53.1 Å². The molecule has 0 aliphatic heterocycles. The zero-order valence-electron chi connectivity index (χ0n) is 10.4. The Morgan fingerprint density at radius 1 is 1.33 bits per heavy atom. The van der Waals surface area contributed by atoms with Gasteiger partial charge in [0.1, 0.15) is 11.6 Å². The third-order valence-electron chi connectivity index (χ3n) is 2.73. The van der Waals surface area contributed by atoms with Gasteiger partial charge in [0.25, 0.3) is 0 Å². The summed E-state index contributed by atoms with van der Waals surface area (Å²) in [6, 6.07) is 0.766. The number of nitrogens with zero attached hydrogens (tertiary/aromatic N) is 3. The van der Waals surface area contributed by atoms with Crippen molar-refractivity contribution in [3.63, 3.8) is 0 Å². The minimum atomic E-state index is 0.345. The number of aromatic nitrogens is 3. The molecule has 0 aliphatic rings. The van der Waals surface area contributed by atoms with Crippen molar-refractivity contribution in [3.05, 3.63) is 11.6 Å². The zero-order valence-corrected chi connectivity index (χ0v) is 10.4. The van der Waals surface area contributed by atoms with E-state index in [2.05, 4.69) is 36.2 Å². The van der Waals surface area contributed by atoms with Gasteiger partial charge in [-0.25, -0.2) is 9.67 Å². The second kappa shape index (κ2) is 5.26. The van der Waals surface area contributed by atoms with E-state index < -0.39 is 0 Å². The predicted molar refractivity (Wildman–Crippen MR) is 62.0 cm³/mol. The molecule has 2 atom stereocenters. The highest BCUT2D eigenvalue weighted by atomic mass is 15.4. The molecule has 0 saturated heterocycles. The van der Waals surface area contributed by atoms with Crippen molar-refractivity contribution in [3.8, 4) is 0 Å². The van der Waals surface area contributed by atoms with Crippen LogP contribution in [-0.4, -0.2) is 27.4 Å². The summed E-state index contributed by atoms with van der Waals surface area (Å²) < 4.78 is 2.00. The van der Waals surface area contributed by atoms with Gasteiger partial charge in [-0.3, -0.25) is 0 Å². The maximum atomic E-state index is 4.40. The molecule has 4 nitrogen and oxygen atoms in total. The Bertz CT molecular complexity index is 306. The van der Waals surface area contributed by atoms with E-state index in [1.165, 1.54) is 0 Å². The number of hydrogen-bond acceptors (Lipinski definition) is 3. The fraction of sp³-hybridized carbons (Fsp3) is 0.818. The predicted octanol–water partition coefficient (Wildman–Crippen LogP) is 1.84. The van der Waals surface area contributed by atoms with Crippen LogP contribution in [0.25, 0.3) is 0 Å². The average molecular weight is 210 g/mol. The van der Waals surface area contributed by atoms with Crippen molar-refractivity contribution < 1.29 is 0 Å². The second-order valence-electron chi connectivity index (χ2n) is 4.13. The molecule has 4 heteroatoms. The van der Waals surface area contributed by atoms with Gasteiger partial charge in [-0.05, 0) is 40.7 Å². The molecule has 1 rings (SSSR count). The minimum absolute atomic E-state index is 0.345. The Hall–Kier alpha value is -0.900. The number of nitrogens with one attached hydrogen (secondary N) is 1. The van der Waals surface area contributed by atoms with Crippen molar-refractivity contribution in [2.75, 3.05) is 6.54 Å². The van der Waals surface area contributed by atoms with Gasteiger partial charge in [-0.15, -0.1) is 0 Å². The molecule has 0 saturated carbocycles. The lowest BCUT2D eigenvalue weighted by molar-refractivity contribution is 0.359. The van der Waals surface area contributed by atoms with Gasteiger partial charge in [0.15, 0.2) is 0 Å². The summed E-state index contributed by atoms with van der Waals surface area (Å²) in [5.74, 6) is 1.84. The summed E-state index contributed by atoms with van der Waals surface area (Å²) in [6.45, 7) is 11.5. The molecule has 0 aromatic carbocycles. The lowest BCUT2D eigenvalue weighted by Crippen LogP contribution is -2.35. The molecule has 0 bridgehead atoms. The fourth-order valence-electron chi connectivity index (χ4n) is 1.68. The summed E-state index contributed by atoms with van der Waals surface area (Å²) in [7, 11) is 0. The van der Waals surface area contributed by atoms with Gasteiger partial charge < -0.3 is 5.32 Å². The van der Waals surface area contributed by atoms with Gasteiger partial charge in [0, 0.05) is 6.04 Å². The smallest absolute Gasteiger partial charge is 0.147 e. The highest BCUT2D eigenvalue weighted by Crippen LogP contribution is 2.12. The third kappa shape index (κ3) is 3.02. The van der Waals surface area contributed by atoms with Crippen LogP contribution in [0.5, 0.6) is 0 Å². The molecule has 1 heterocycles. The molecule has 0 amide bonds. The van der Waals surface area contributed by atoms with Crippen LogP contribution in [0.15, 0.2) is 0 Å². The summed E-state index contributed by atoms with van der Waals surface area (Å²) in [4.78, 5) is 4.32. The molecule has 0 radical (unpaired) electrons. The maximum Gasteiger partial charge on any atom is 0.147 e. The molecule has 0 aliphatic carbocycles. The highest BCUT2D eigenvalue weighted by molar-refractivity contribution is 4.91. The molecule has 0 fully saturated rings.